The highest BCUT2D eigenvalue weighted by Crippen LogP contribution is 2.26. The van der Waals surface area contributed by atoms with Crippen LogP contribution in [0.15, 0.2) is 12.3 Å². The molecule has 1 aliphatic rings. The third-order valence-electron chi connectivity index (χ3n) is 3.13. The molecule has 1 aliphatic heterocycles. The van der Waals surface area contributed by atoms with Crippen molar-refractivity contribution in [2.24, 2.45) is 0 Å². The molecular weight excluding hydrogens is 238 g/mol. The van der Waals surface area contributed by atoms with Gasteiger partial charge in [0.1, 0.15) is 11.3 Å². The Morgan fingerprint density at radius 1 is 1.59 bits per heavy atom. The fourth-order valence-corrected chi connectivity index (χ4v) is 2.52. The van der Waals surface area contributed by atoms with Crippen molar-refractivity contribution in [1.29, 1.82) is 0 Å². The molecular formula is C12H14ClN3O. The Balaban J connectivity index is 2.19. The molecule has 0 N–H and O–H groups in total. The second kappa shape index (κ2) is 4.27. The molecule has 2 aromatic rings. The van der Waals surface area contributed by atoms with Crippen LogP contribution in [0.4, 0.5) is 0 Å². The Morgan fingerprint density at radius 3 is 3.18 bits per heavy atom. The summed E-state index contributed by atoms with van der Waals surface area (Å²) in [6.07, 6.45) is 2.87. The van der Waals surface area contributed by atoms with E-state index in [0.29, 0.717) is 11.9 Å². The van der Waals surface area contributed by atoms with Crippen LogP contribution in [-0.2, 0) is 10.6 Å². The van der Waals surface area contributed by atoms with Gasteiger partial charge in [0.15, 0.2) is 5.65 Å². The van der Waals surface area contributed by atoms with E-state index in [9.17, 15) is 0 Å². The summed E-state index contributed by atoms with van der Waals surface area (Å²) < 4.78 is 7.57. The van der Waals surface area contributed by atoms with E-state index in [1.54, 1.807) is 0 Å². The Bertz CT molecular complexity index is 546. The minimum atomic E-state index is 0.323. The molecule has 2 aromatic heterocycles. The van der Waals surface area contributed by atoms with Gasteiger partial charge in [0.2, 0.25) is 0 Å². The first-order valence-electron chi connectivity index (χ1n) is 5.77. The smallest absolute Gasteiger partial charge is 0.160 e. The molecule has 0 radical (unpaired) electrons. The van der Waals surface area contributed by atoms with Gasteiger partial charge >= 0.3 is 0 Å². The number of halogens is 1. The van der Waals surface area contributed by atoms with Crippen LogP contribution >= 0.6 is 11.6 Å². The van der Waals surface area contributed by atoms with E-state index in [1.165, 1.54) is 0 Å². The molecule has 3 heterocycles. The molecule has 3 rings (SSSR count). The summed E-state index contributed by atoms with van der Waals surface area (Å²) in [5, 5.41) is 0. The second-order valence-electron chi connectivity index (χ2n) is 4.40. The molecule has 1 atom stereocenters. The third kappa shape index (κ3) is 1.81. The van der Waals surface area contributed by atoms with E-state index in [1.807, 2.05) is 19.2 Å². The molecule has 0 spiro atoms. The minimum absolute atomic E-state index is 0.323. The van der Waals surface area contributed by atoms with E-state index in [0.717, 1.165) is 42.2 Å². The lowest BCUT2D eigenvalue weighted by molar-refractivity contribution is 0.186. The number of rotatable bonds is 2. The fourth-order valence-electron chi connectivity index (χ4n) is 2.33. The molecule has 90 valence electrons. The zero-order chi connectivity index (χ0) is 11.8. The topological polar surface area (TPSA) is 39.9 Å². The molecule has 1 unspecified atom stereocenters. The Hall–Kier alpha value is -1.13. The van der Waals surface area contributed by atoms with Crippen molar-refractivity contribution in [3.63, 3.8) is 0 Å². The van der Waals surface area contributed by atoms with Crippen LogP contribution in [0.25, 0.3) is 11.2 Å². The monoisotopic (exact) mass is 251 g/mol. The van der Waals surface area contributed by atoms with Gasteiger partial charge in [-0.15, -0.1) is 11.6 Å². The van der Waals surface area contributed by atoms with Crippen LogP contribution in [0.2, 0.25) is 0 Å². The average molecular weight is 252 g/mol. The number of alkyl halides is 1. The largest absolute Gasteiger partial charge is 0.379 e. The van der Waals surface area contributed by atoms with Crippen molar-refractivity contribution >= 4 is 22.8 Å². The molecule has 0 aliphatic carbocycles. The summed E-state index contributed by atoms with van der Waals surface area (Å²) in [7, 11) is 0. The van der Waals surface area contributed by atoms with Crippen molar-refractivity contribution in [3.8, 4) is 0 Å². The van der Waals surface area contributed by atoms with Crippen LogP contribution in [0.3, 0.4) is 0 Å². The van der Waals surface area contributed by atoms with Gasteiger partial charge in [-0.1, -0.05) is 0 Å². The normalized spacial score (nSPS) is 20.2. The maximum atomic E-state index is 5.97. The molecule has 0 bridgehead atoms. The van der Waals surface area contributed by atoms with Crippen molar-refractivity contribution in [2.45, 2.75) is 25.3 Å². The first-order chi connectivity index (χ1) is 8.29. The molecule has 0 amide bonds. The molecule has 4 nitrogen and oxygen atoms in total. The summed E-state index contributed by atoms with van der Waals surface area (Å²) >= 11 is 5.97. The predicted octanol–water partition coefficient (Wildman–Crippen LogP) is 2.44. The molecule has 1 fully saturated rings. The van der Waals surface area contributed by atoms with Gasteiger partial charge < -0.3 is 9.30 Å². The van der Waals surface area contributed by atoms with E-state index in [4.69, 9.17) is 16.3 Å². The van der Waals surface area contributed by atoms with E-state index in [2.05, 4.69) is 14.5 Å². The number of imidazole rings is 1. The van der Waals surface area contributed by atoms with Crippen LogP contribution in [0.1, 0.15) is 23.9 Å². The zero-order valence-corrected chi connectivity index (χ0v) is 10.4. The highest BCUT2D eigenvalue weighted by Gasteiger charge is 2.23. The Labute approximate surface area is 105 Å². The van der Waals surface area contributed by atoms with Gasteiger partial charge in [-0.2, -0.15) is 0 Å². The molecule has 0 aromatic carbocycles. The minimum Gasteiger partial charge on any atom is -0.379 e. The summed E-state index contributed by atoms with van der Waals surface area (Å²) in [5.41, 5.74) is 2.96. The van der Waals surface area contributed by atoms with Gasteiger partial charge in [0.25, 0.3) is 0 Å². The van der Waals surface area contributed by atoms with Crippen LogP contribution < -0.4 is 0 Å². The van der Waals surface area contributed by atoms with E-state index in [-0.39, 0.29) is 0 Å². The maximum absolute atomic E-state index is 5.97. The van der Waals surface area contributed by atoms with Gasteiger partial charge in [-0.25, -0.2) is 9.97 Å². The highest BCUT2D eigenvalue weighted by molar-refractivity contribution is 6.16. The number of aryl methyl sites for hydroxylation is 1. The van der Waals surface area contributed by atoms with Crippen LogP contribution in [-0.4, -0.2) is 27.7 Å². The number of pyridine rings is 1. The standard InChI is InChI=1S/C12H14ClN3O/c1-8-4-10-12(14-6-8)16(11(5-13)15-10)9-2-3-17-7-9/h4,6,9H,2-3,5,7H2,1H3. The van der Waals surface area contributed by atoms with Gasteiger partial charge in [0.05, 0.1) is 18.5 Å². The molecule has 1 saturated heterocycles. The maximum Gasteiger partial charge on any atom is 0.160 e. The lowest BCUT2D eigenvalue weighted by Crippen LogP contribution is -2.12. The first-order valence-corrected chi connectivity index (χ1v) is 6.30. The van der Waals surface area contributed by atoms with Gasteiger partial charge in [-0.3, -0.25) is 0 Å². The Kier molecular flexibility index (Phi) is 2.76. The second-order valence-corrected chi connectivity index (χ2v) is 4.67. The number of hydrogen-bond donors (Lipinski definition) is 0. The van der Waals surface area contributed by atoms with E-state index >= 15 is 0 Å². The Morgan fingerprint density at radius 2 is 2.47 bits per heavy atom. The number of nitrogens with zero attached hydrogens (tertiary/aromatic N) is 3. The third-order valence-corrected chi connectivity index (χ3v) is 3.37. The zero-order valence-electron chi connectivity index (χ0n) is 9.69. The van der Waals surface area contributed by atoms with Crippen LogP contribution in [0.5, 0.6) is 0 Å². The van der Waals surface area contributed by atoms with E-state index < -0.39 is 0 Å². The SMILES string of the molecule is Cc1cnc2c(c1)nc(CCl)n2C1CCOC1. The summed E-state index contributed by atoms with van der Waals surface area (Å²) in [4.78, 5) is 9.03. The first kappa shape index (κ1) is 11.0. The molecule has 17 heavy (non-hydrogen) atoms. The fraction of sp³-hybridized carbons (Fsp3) is 0.500. The molecule has 0 saturated carbocycles. The highest BCUT2D eigenvalue weighted by atomic mass is 35.5. The lowest BCUT2D eigenvalue weighted by Gasteiger charge is -2.13. The van der Waals surface area contributed by atoms with Crippen molar-refractivity contribution in [1.82, 2.24) is 14.5 Å². The number of hydrogen-bond acceptors (Lipinski definition) is 3. The molecule has 5 heteroatoms. The summed E-state index contributed by atoms with van der Waals surface area (Å²) in [5.74, 6) is 1.29. The van der Waals surface area contributed by atoms with Crippen molar-refractivity contribution < 1.29 is 4.74 Å². The lowest BCUT2D eigenvalue weighted by atomic mass is 10.2. The van der Waals surface area contributed by atoms with Gasteiger partial charge in [0, 0.05) is 12.8 Å². The quantitative estimate of drug-likeness (QED) is 0.770. The van der Waals surface area contributed by atoms with Crippen molar-refractivity contribution in [3.05, 3.63) is 23.7 Å². The summed E-state index contributed by atoms with van der Waals surface area (Å²) in [6, 6.07) is 2.37. The number of aromatic nitrogens is 3. The average Bonchev–Trinajstić information content (AvgIpc) is 2.93. The number of ether oxygens (including phenoxy) is 1. The summed E-state index contributed by atoms with van der Waals surface area (Å²) in [6.45, 7) is 3.55. The number of fused-ring (bicyclic) bond motifs is 1. The van der Waals surface area contributed by atoms with Crippen LogP contribution in [0, 0.1) is 6.92 Å². The van der Waals surface area contributed by atoms with Crippen molar-refractivity contribution in [2.75, 3.05) is 13.2 Å². The predicted molar refractivity (Wildman–Crippen MR) is 66.3 cm³/mol. The van der Waals surface area contributed by atoms with Gasteiger partial charge in [-0.05, 0) is 25.0 Å².